The van der Waals surface area contributed by atoms with E-state index >= 15 is 0 Å². The third kappa shape index (κ3) is 4.18. The summed E-state index contributed by atoms with van der Waals surface area (Å²) >= 11 is 0. The van der Waals surface area contributed by atoms with Gasteiger partial charge in [-0.05, 0) is 19.8 Å². The Kier molecular flexibility index (Phi) is 6.52. The molecule has 90 valence electrons. The van der Waals surface area contributed by atoms with Crippen LogP contribution >= 0.6 is 0 Å². The number of aliphatic hydroxyl groups is 1. The fourth-order valence-corrected chi connectivity index (χ4v) is 1.41. The van der Waals surface area contributed by atoms with Crippen LogP contribution in [0.3, 0.4) is 0 Å². The van der Waals surface area contributed by atoms with Crippen molar-refractivity contribution in [3.63, 3.8) is 0 Å². The van der Waals surface area contributed by atoms with Crippen LogP contribution in [0, 0.1) is 5.41 Å². The largest absolute Gasteiger partial charge is 0.468 e. The van der Waals surface area contributed by atoms with Crippen LogP contribution in [0.15, 0.2) is 0 Å². The van der Waals surface area contributed by atoms with Crippen molar-refractivity contribution in [3.8, 4) is 0 Å². The molecule has 0 bridgehead atoms. The number of rotatable bonds is 7. The van der Waals surface area contributed by atoms with E-state index in [0.717, 1.165) is 12.8 Å². The zero-order chi connectivity index (χ0) is 11.9. The molecular formula is C11H23NO3. The Labute approximate surface area is 92.0 Å². The van der Waals surface area contributed by atoms with Crippen LogP contribution in [0.25, 0.3) is 0 Å². The molecule has 0 amide bonds. The number of carbonyl (C=O) groups is 1. The van der Waals surface area contributed by atoms with Crippen molar-refractivity contribution < 1.29 is 14.6 Å². The molecule has 0 heterocycles. The van der Waals surface area contributed by atoms with Gasteiger partial charge in [-0.2, -0.15) is 0 Å². The summed E-state index contributed by atoms with van der Waals surface area (Å²) < 4.78 is 4.61. The van der Waals surface area contributed by atoms with Gasteiger partial charge in [-0.25, -0.2) is 0 Å². The third-order valence-electron chi connectivity index (χ3n) is 3.17. The number of methoxy groups -OCH3 is 1. The van der Waals surface area contributed by atoms with Gasteiger partial charge in [0.15, 0.2) is 0 Å². The number of hydrogen-bond donors (Lipinski definition) is 2. The Bertz CT molecular complexity index is 182. The molecule has 15 heavy (non-hydrogen) atoms. The molecule has 4 nitrogen and oxygen atoms in total. The minimum absolute atomic E-state index is 0.123. The first-order valence-electron chi connectivity index (χ1n) is 5.47. The minimum Gasteiger partial charge on any atom is -0.468 e. The first kappa shape index (κ1) is 14.4. The van der Waals surface area contributed by atoms with Gasteiger partial charge in [0.1, 0.15) is 6.04 Å². The molecule has 4 heteroatoms. The molecule has 0 spiro atoms. The first-order chi connectivity index (χ1) is 7.05. The van der Waals surface area contributed by atoms with E-state index in [-0.39, 0.29) is 24.0 Å². The van der Waals surface area contributed by atoms with Crippen LogP contribution in [0.5, 0.6) is 0 Å². The average molecular weight is 217 g/mol. The van der Waals surface area contributed by atoms with Crippen molar-refractivity contribution in [2.45, 2.75) is 39.7 Å². The van der Waals surface area contributed by atoms with Crippen molar-refractivity contribution in [1.29, 1.82) is 0 Å². The maximum atomic E-state index is 11.1. The molecule has 0 saturated heterocycles. The van der Waals surface area contributed by atoms with E-state index < -0.39 is 0 Å². The van der Waals surface area contributed by atoms with Crippen LogP contribution in [-0.4, -0.2) is 37.4 Å². The monoisotopic (exact) mass is 217 g/mol. The summed E-state index contributed by atoms with van der Waals surface area (Å²) in [4.78, 5) is 11.1. The van der Waals surface area contributed by atoms with Gasteiger partial charge in [-0.3, -0.25) is 4.79 Å². The summed E-state index contributed by atoms with van der Waals surface area (Å²) in [7, 11) is 1.37. The van der Waals surface area contributed by atoms with Gasteiger partial charge < -0.3 is 15.2 Å². The molecule has 0 aliphatic rings. The van der Waals surface area contributed by atoms with E-state index in [9.17, 15) is 9.90 Å². The Morgan fingerprint density at radius 1 is 1.47 bits per heavy atom. The first-order valence-corrected chi connectivity index (χ1v) is 5.47. The van der Waals surface area contributed by atoms with E-state index in [1.807, 2.05) is 13.8 Å². The highest BCUT2D eigenvalue weighted by Gasteiger charge is 2.26. The quantitative estimate of drug-likeness (QED) is 0.623. The number of esters is 1. The number of nitrogens with one attached hydrogen (secondary N) is 1. The summed E-state index contributed by atoms with van der Waals surface area (Å²) in [6.45, 7) is 6.63. The lowest BCUT2D eigenvalue weighted by Gasteiger charge is -2.30. The summed E-state index contributed by atoms with van der Waals surface area (Å²) in [5, 5.41) is 12.4. The van der Waals surface area contributed by atoms with E-state index in [1.54, 1.807) is 6.92 Å². The van der Waals surface area contributed by atoms with E-state index in [0.29, 0.717) is 6.54 Å². The highest BCUT2D eigenvalue weighted by Crippen LogP contribution is 2.24. The van der Waals surface area contributed by atoms with Crippen LogP contribution in [-0.2, 0) is 9.53 Å². The van der Waals surface area contributed by atoms with Gasteiger partial charge >= 0.3 is 5.97 Å². The molecule has 0 rings (SSSR count). The summed E-state index contributed by atoms with van der Waals surface area (Å²) in [6, 6.07) is -0.320. The number of carbonyl (C=O) groups excluding carboxylic acids is 1. The van der Waals surface area contributed by atoms with Crippen LogP contribution in [0.2, 0.25) is 0 Å². The SMILES string of the molecule is CCC(CC)(CO)CNC(C)C(=O)OC. The third-order valence-corrected chi connectivity index (χ3v) is 3.17. The van der Waals surface area contributed by atoms with E-state index in [1.165, 1.54) is 7.11 Å². The van der Waals surface area contributed by atoms with Crippen molar-refractivity contribution in [2.24, 2.45) is 5.41 Å². The average Bonchev–Trinajstić information content (AvgIpc) is 2.30. The maximum absolute atomic E-state index is 11.1. The van der Waals surface area contributed by atoms with Crippen LogP contribution in [0.1, 0.15) is 33.6 Å². The normalized spacial score (nSPS) is 13.7. The van der Waals surface area contributed by atoms with Gasteiger partial charge in [0.25, 0.3) is 0 Å². The van der Waals surface area contributed by atoms with E-state index in [2.05, 4.69) is 10.1 Å². The Morgan fingerprint density at radius 2 is 2.00 bits per heavy atom. The number of hydrogen-bond acceptors (Lipinski definition) is 4. The Hall–Kier alpha value is -0.610. The number of ether oxygens (including phenoxy) is 1. The zero-order valence-electron chi connectivity index (χ0n) is 10.2. The molecule has 0 saturated carbocycles. The lowest BCUT2D eigenvalue weighted by Crippen LogP contribution is -2.43. The predicted molar refractivity (Wildman–Crippen MR) is 59.6 cm³/mol. The van der Waals surface area contributed by atoms with Crippen molar-refractivity contribution in [2.75, 3.05) is 20.3 Å². The second-order valence-electron chi connectivity index (χ2n) is 3.99. The second kappa shape index (κ2) is 6.80. The molecule has 1 atom stereocenters. The fourth-order valence-electron chi connectivity index (χ4n) is 1.41. The van der Waals surface area contributed by atoms with E-state index in [4.69, 9.17) is 0 Å². The number of aliphatic hydroxyl groups excluding tert-OH is 1. The van der Waals surface area contributed by atoms with Crippen LogP contribution in [0.4, 0.5) is 0 Å². The molecule has 0 aromatic rings. The van der Waals surface area contributed by atoms with Crippen molar-refractivity contribution in [3.05, 3.63) is 0 Å². The summed E-state index contributed by atoms with van der Waals surface area (Å²) in [5.41, 5.74) is -0.123. The Morgan fingerprint density at radius 3 is 2.33 bits per heavy atom. The van der Waals surface area contributed by atoms with Crippen molar-refractivity contribution in [1.82, 2.24) is 5.32 Å². The maximum Gasteiger partial charge on any atom is 0.322 e. The lowest BCUT2D eigenvalue weighted by molar-refractivity contribution is -0.142. The fraction of sp³-hybridized carbons (Fsp3) is 0.909. The van der Waals surface area contributed by atoms with Gasteiger partial charge in [-0.15, -0.1) is 0 Å². The smallest absolute Gasteiger partial charge is 0.322 e. The lowest BCUT2D eigenvalue weighted by atomic mass is 9.83. The van der Waals surface area contributed by atoms with Gasteiger partial charge in [-0.1, -0.05) is 13.8 Å². The molecule has 0 radical (unpaired) electrons. The van der Waals surface area contributed by atoms with Crippen LogP contribution < -0.4 is 5.32 Å². The highest BCUT2D eigenvalue weighted by atomic mass is 16.5. The van der Waals surface area contributed by atoms with Gasteiger partial charge in [0.2, 0.25) is 0 Å². The summed E-state index contributed by atoms with van der Waals surface area (Å²) in [5.74, 6) is -0.269. The molecule has 0 fully saturated rings. The van der Waals surface area contributed by atoms with Gasteiger partial charge in [0, 0.05) is 18.6 Å². The molecule has 0 aromatic heterocycles. The topological polar surface area (TPSA) is 58.6 Å². The zero-order valence-corrected chi connectivity index (χ0v) is 10.2. The molecular weight excluding hydrogens is 194 g/mol. The molecule has 0 aliphatic carbocycles. The molecule has 1 unspecified atom stereocenters. The minimum atomic E-state index is -0.320. The Balaban J connectivity index is 4.16. The highest BCUT2D eigenvalue weighted by molar-refractivity contribution is 5.75. The predicted octanol–water partition coefficient (Wildman–Crippen LogP) is 0.936. The molecule has 2 N–H and O–H groups in total. The summed E-state index contributed by atoms with van der Waals surface area (Å²) in [6.07, 6.45) is 1.78. The second-order valence-corrected chi connectivity index (χ2v) is 3.99. The standard InChI is InChI=1S/C11H23NO3/c1-5-11(6-2,8-13)7-12-9(3)10(14)15-4/h9,12-13H,5-8H2,1-4H3. The molecule has 0 aromatic carbocycles. The van der Waals surface area contributed by atoms with Gasteiger partial charge in [0.05, 0.1) is 7.11 Å². The molecule has 0 aliphatic heterocycles. The van der Waals surface area contributed by atoms with Crippen molar-refractivity contribution >= 4 is 5.97 Å².